The second-order valence-electron chi connectivity index (χ2n) is 6.72. The minimum Gasteiger partial charge on any atom is -0.497 e. The molecule has 2 atom stereocenters. The van der Waals surface area contributed by atoms with Gasteiger partial charge in [0.05, 0.1) is 7.11 Å². The molecule has 1 spiro atoms. The van der Waals surface area contributed by atoms with Gasteiger partial charge in [-0.1, -0.05) is 19.8 Å². The molecule has 1 aromatic carbocycles. The van der Waals surface area contributed by atoms with Crippen LogP contribution in [0.1, 0.15) is 32.6 Å². The second kappa shape index (κ2) is 6.74. The van der Waals surface area contributed by atoms with Crippen molar-refractivity contribution in [1.29, 1.82) is 0 Å². The van der Waals surface area contributed by atoms with Crippen LogP contribution in [0.5, 0.6) is 5.75 Å². The molecule has 1 saturated carbocycles. The Labute approximate surface area is 146 Å². The van der Waals surface area contributed by atoms with Crippen LogP contribution in [0.3, 0.4) is 0 Å². The van der Waals surface area contributed by atoms with Crippen LogP contribution in [-0.4, -0.2) is 41.9 Å². The van der Waals surface area contributed by atoms with Crippen LogP contribution in [0, 0.1) is 5.92 Å². The summed E-state index contributed by atoms with van der Waals surface area (Å²) >= 11 is 0. The zero-order chi connectivity index (χ0) is 18.0. The fourth-order valence-electron chi connectivity index (χ4n) is 3.66. The highest BCUT2D eigenvalue weighted by molar-refractivity contribution is 6.10. The van der Waals surface area contributed by atoms with E-state index in [4.69, 9.17) is 4.74 Å². The maximum absolute atomic E-state index is 12.8. The van der Waals surface area contributed by atoms with E-state index in [-0.39, 0.29) is 18.4 Å². The Balaban J connectivity index is 1.66. The summed E-state index contributed by atoms with van der Waals surface area (Å²) in [5.74, 6) is 0.0661. The third-order valence-corrected chi connectivity index (χ3v) is 5.18. The van der Waals surface area contributed by atoms with Crippen LogP contribution in [0.15, 0.2) is 24.3 Å². The zero-order valence-corrected chi connectivity index (χ0v) is 14.5. The molecule has 2 N–H and O–H groups in total. The number of nitrogens with one attached hydrogen (secondary N) is 2. The number of hydrogen-bond acceptors (Lipinski definition) is 4. The predicted octanol–water partition coefficient (Wildman–Crippen LogP) is 2.13. The fraction of sp³-hybridized carbons (Fsp3) is 0.500. The van der Waals surface area contributed by atoms with Crippen LogP contribution in [0.4, 0.5) is 10.5 Å². The Hall–Kier alpha value is -2.57. The van der Waals surface area contributed by atoms with Crippen molar-refractivity contribution >= 4 is 23.5 Å². The smallest absolute Gasteiger partial charge is 0.325 e. The van der Waals surface area contributed by atoms with E-state index in [1.165, 1.54) is 0 Å². The molecule has 4 amide bonds. The van der Waals surface area contributed by atoms with Crippen LogP contribution in [0.2, 0.25) is 0 Å². The van der Waals surface area contributed by atoms with Crippen molar-refractivity contribution in [2.75, 3.05) is 19.0 Å². The molecule has 1 aliphatic carbocycles. The quantitative estimate of drug-likeness (QED) is 0.819. The molecule has 0 unspecified atom stereocenters. The Kier molecular flexibility index (Phi) is 4.65. The first-order valence-electron chi connectivity index (χ1n) is 8.54. The SMILES string of the molecule is COc1ccc(NC(=O)CN2C(=O)N[C@@]3(CCCC[C@@H]3C)C2=O)cc1. The van der Waals surface area contributed by atoms with Crippen molar-refractivity contribution < 1.29 is 19.1 Å². The highest BCUT2D eigenvalue weighted by atomic mass is 16.5. The second-order valence-corrected chi connectivity index (χ2v) is 6.72. The van der Waals surface area contributed by atoms with Gasteiger partial charge >= 0.3 is 6.03 Å². The summed E-state index contributed by atoms with van der Waals surface area (Å²) in [5.41, 5.74) is -0.256. The number of anilines is 1. The van der Waals surface area contributed by atoms with Crippen LogP contribution < -0.4 is 15.4 Å². The summed E-state index contributed by atoms with van der Waals surface area (Å²) in [6.45, 7) is 1.70. The summed E-state index contributed by atoms with van der Waals surface area (Å²) in [5, 5.41) is 5.54. The number of amides is 4. The van der Waals surface area contributed by atoms with Crippen molar-refractivity contribution in [3.63, 3.8) is 0 Å². The predicted molar refractivity (Wildman–Crippen MR) is 92.2 cm³/mol. The summed E-state index contributed by atoms with van der Waals surface area (Å²) in [4.78, 5) is 38.4. The van der Waals surface area contributed by atoms with Crippen LogP contribution in [-0.2, 0) is 9.59 Å². The number of carbonyl (C=O) groups is 3. The molecule has 0 bridgehead atoms. The topological polar surface area (TPSA) is 87.7 Å². The van der Waals surface area contributed by atoms with Crippen molar-refractivity contribution in [2.24, 2.45) is 5.92 Å². The molecule has 2 aliphatic rings. The Bertz CT molecular complexity index is 688. The standard InChI is InChI=1S/C18H23N3O4/c1-12-5-3-4-10-18(12)16(23)21(17(24)20-18)11-15(22)19-13-6-8-14(25-2)9-7-13/h6-9,12H,3-5,10-11H2,1-2H3,(H,19,22)(H,20,24)/t12-,18+/m0/s1. The normalized spacial score (nSPS) is 25.8. The molecule has 25 heavy (non-hydrogen) atoms. The summed E-state index contributed by atoms with van der Waals surface area (Å²) in [7, 11) is 1.56. The van der Waals surface area contributed by atoms with E-state index in [1.54, 1.807) is 31.4 Å². The lowest BCUT2D eigenvalue weighted by Crippen LogP contribution is -2.54. The number of imide groups is 1. The van der Waals surface area contributed by atoms with Gasteiger partial charge in [-0.05, 0) is 43.0 Å². The van der Waals surface area contributed by atoms with Crippen LogP contribution in [0.25, 0.3) is 0 Å². The zero-order valence-electron chi connectivity index (χ0n) is 14.5. The van der Waals surface area contributed by atoms with Crippen molar-refractivity contribution in [1.82, 2.24) is 10.2 Å². The van der Waals surface area contributed by atoms with Gasteiger partial charge in [0.1, 0.15) is 17.8 Å². The lowest BCUT2D eigenvalue weighted by Gasteiger charge is -2.36. The van der Waals surface area contributed by atoms with E-state index < -0.39 is 17.5 Å². The molecule has 7 nitrogen and oxygen atoms in total. The van der Waals surface area contributed by atoms with E-state index in [9.17, 15) is 14.4 Å². The molecule has 1 aliphatic heterocycles. The first-order valence-corrected chi connectivity index (χ1v) is 8.54. The number of hydrogen-bond donors (Lipinski definition) is 2. The monoisotopic (exact) mass is 345 g/mol. The van der Waals surface area contributed by atoms with E-state index in [0.717, 1.165) is 24.2 Å². The minimum atomic E-state index is -0.838. The minimum absolute atomic E-state index is 0.0762. The van der Waals surface area contributed by atoms with Crippen molar-refractivity contribution in [3.8, 4) is 5.75 Å². The molecule has 3 rings (SSSR count). The van der Waals surface area contributed by atoms with Crippen molar-refractivity contribution in [2.45, 2.75) is 38.1 Å². The number of carbonyl (C=O) groups excluding carboxylic acids is 3. The Morgan fingerprint density at radius 1 is 1.32 bits per heavy atom. The third-order valence-electron chi connectivity index (χ3n) is 5.18. The Morgan fingerprint density at radius 3 is 2.68 bits per heavy atom. The first kappa shape index (κ1) is 17.3. The third kappa shape index (κ3) is 3.18. The average molecular weight is 345 g/mol. The van der Waals surface area contributed by atoms with Gasteiger partial charge in [0.25, 0.3) is 5.91 Å². The van der Waals surface area contributed by atoms with Gasteiger partial charge < -0.3 is 15.4 Å². The highest BCUT2D eigenvalue weighted by Crippen LogP contribution is 2.38. The molecule has 7 heteroatoms. The molecule has 2 fully saturated rings. The van der Waals surface area contributed by atoms with Crippen molar-refractivity contribution in [3.05, 3.63) is 24.3 Å². The molecular weight excluding hydrogens is 322 g/mol. The number of methoxy groups -OCH3 is 1. The molecular formula is C18H23N3O4. The van der Waals surface area contributed by atoms with E-state index >= 15 is 0 Å². The van der Waals surface area contributed by atoms with E-state index in [1.807, 2.05) is 6.92 Å². The largest absolute Gasteiger partial charge is 0.497 e. The van der Waals surface area contributed by atoms with E-state index in [0.29, 0.717) is 17.9 Å². The lowest BCUT2D eigenvalue weighted by atomic mass is 9.73. The van der Waals surface area contributed by atoms with Gasteiger partial charge in [0.15, 0.2) is 0 Å². The maximum atomic E-state index is 12.8. The van der Waals surface area contributed by atoms with Gasteiger partial charge in [-0.2, -0.15) is 0 Å². The molecule has 1 saturated heterocycles. The molecule has 1 heterocycles. The highest BCUT2D eigenvalue weighted by Gasteiger charge is 2.55. The molecule has 0 radical (unpaired) electrons. The number of rotatable bonds is 4. The Morgan fingerprint density at radius 2 is 2.04 bits per heavy atom. The van der Waals surface area contributed by atoms with E-state index in [2.05, 4.69) is 10.6 Å². The fourth-order valence-corrected chi connectivity index (χ4v) is 3.66. The summed E-state index contributed by atoms with van der Waals surface area (Å²) < 4.78 is 5.07. The van der Waals surface area contributed by atoms with Gasteiger partial charge in [0, 0.05) is 5.69 Å². The number of benzene rings is 1. The van der Waals surface area contributed by atoms with Gasteiger partial charge in [-0.25, -0.2) is 4.79 Å². The lowest BCUT2D eigenvalue weighted by molar-refractivity contribution is -0.136. The molecule has 0 aromatic heterocycles. The van der Waals surface area contributed by atoms with Crippen LogP contribution >= 0.6 is 0 Å². The number of urea groups is 1. The van der Waals surface area contributed by atoms with Gasteiger partial charge in [0.2, 0.25) is 5.91 Å². The molecule has 1 aromatic rings. The number of ether oxygens (including phenoxy) is 1. The summed E-state index contributed by atoms with van der Waals surface area (Å²) in [6, 6.07) is 6.37. The molecule has 134 valence electrons. The number of nitrogens with zero attached hydrogens (tertiary/aromatic N) is 1. The summed E-state index contributed by atoms with van der Waals surface area (Å²) in [6.07, 6.45) is 3.50. The average Bonchev–Trinajstić information content (AvgIpc) is 2.83. The van der Waals surface area contributed by atoms with Gasteiger partial charge in [-0.15, -0.1) is 0 Å². The first-order chi connectivity index (χ1) is 12.0. The van der Waals surface area contributed by atoms with Gasteiger partial charge in [-0.3, -0.25) is 14.5 Å². The maximum Gasteiger partial charge on any atom is 0.325 e.